The normalized spacial score (nSPS) is 10.9. The van der Waals surface area contributed by atoms with Crippen molar-refractivity contribution >= 4 is 34.8 Å². The molecule has 21 heavy (non-hydrogen) atoms. The van der Waals surface area contributed by atoms with Crippen LogP contribution in [0.5, 0.6) is 17.2 Å². The van der Waals surface area contributed by atoms with E-state index in [0.29, 0.717) is 5.75 Å². The van der Waals surface area contributed by atoms with E-state index in [2.05, 4.69) is 4.98 Å². The number of halogens is 2. The second kappa shape index (κ2) is 5.87. The first kappa shape index (κ1) is 15.5. The largest absolute Gasteiger partial charge is 0.508 e. The number of phenolic OH excluding ortho intramolecular Hbond substituents is 1. The number of nitrogen functional groups attached to an aromatic ring is 2. The predicted molar refractivity (Wildman–Crippen MR) is 85.4 cm³/mol. The first-order valence-corrected chi connectivity index (χ1v) is 6.97. The zero-order chi connectivity index (χ0) is 15.7. The van der Waals surface area contributed by atoms with Gasteiger partial charge in [0.15, 0.2) is 5.75 Å². The van der Waals surface area contributed by atoms with Crippen LogP contribution in [0.1, 0.15) is 25.3 Å². The van der Waals surface area contributed by atoms with Crippen molar-refractivity contribution in [3.63, 3.8) is 0 Å². The summed E-state index contributed by atoms with van der Waals surface area (Å²) in [6, 6.07) is 4.85. The highest BCUT2D eigenvalue weighted by Gasteiger charge is 2.17. The standard InChI is InChI=1S/C14H15Cl2N3O2/c1-6(2)8-5-7(3-4-9(8)20)21-12-10(15)13(17)19-14(18)11(12)16/h3-6,20H,1-2H3,(H4,17,18,19). The van der Waals surface area contributed by atoms with Gasteiger partial charge in [-0.15, -0.1) is 0 Å². The average molecular weight is 328 g/mol. The van der Waals surface area contributed by atoms with E-state index in [9.17, 15) is 5.11 Å². The van der Waals surface area contributed by atoms with Gasteiger partial charge < -0.3 is 21.3 Å². The van der Waals surface area contributed by atoms with Gasteiger partial charge in [-0.2, -0.15) is 0 Å². The molecule has 5 nitrogen and oxygen atoms in total. The monoisotopic (exact) mass is 327 g/mol. The molecule has 0 spiro atoms. The Balaban J connectivity index is 2.46. The van der Waals surface area contributed by atoms with E-state index in [1.165, 1.54) is 0 Å². The highest BCUT2D eigenvalue weighted by atomic mass is 35.5. The van der Waals surface area contributed by atoms with Gasteiger partial charge in [0, 0.05) is 5.56 Å². The maximum Gasteiger partial charge on any atom is 0.172 e. The van der Waals surface area contributed by atoms with E-state index in [1.54, 1.807) is 18.2 Å². The Labute approximate surface area is 132 Å². The van der Waals surface area contributed by atoms with E-state index < -0.39 is 0 Å². The number of hydrogen-bond donors (Lipinski definition) is 3. The van der Waals surface area contributed by atoms with Crippen LogP contribution >= 0.6 is 23.2 Å². The Hall–Kier alpha value is -1.85. The van der Waals surface area contributed by atoms with Gasteiger partial charge in [-0.3, -0.25) is 0 Å². The summed E-state index contributed by atoms with van der Waals surface area (Å²) in [5.41, 5.74) is 12.0. The quantitative estimate of drug-likeness (QED) is 0.786. The predicted octanol–water partition coefficient (Wildman–Crippen LogP) is 4.17. The van der Waals surface area contributed by atoms with Gasteiger partial charge in [-0.25, -0.2) is 4.98 Å². The number of hydrogen-bond acceptors (Lipinski definition) is 5. The molecule has 0 unspecified atom stereocenters. The maximum absolute atomic E-state index is 9.81. The third-order valence-electron chi connectivity index (χ3n) is 2.93. The van der Waals surface area contributed by atoms with Crippen molar-refractivity contribution in [3.05, 3.63) is 33.8 Å². The molecule has 0 aliphatic heterocycles. The molecule has 0 aliphatic carbocycles. The molecule has 1 heterocycles. The molecule has 7 heteroatoms. The van der Waals surface area contributed by atoms with Crippen LogP contribution in [0.25, 0.3) is 0 Å². The second-order valence-electron chi connectivity index (χ2n) is 4.82. The third kappa shape index (κ3) is 3.09. The fourth-order valence-electron chi connectivity index (χ4n) is 1.82. The molecule has 2 rings (SSSR count). The molecule has 0 radical (unpaired) electrons. The number of phenols is 1. The van der Waals surface area contributed by atoms with Gasteiger partial charge in [0.05, 0.1) is 0 Å². The lowest BCUT2D eigenvalue weighted by molar-refractivity contribution is 0.455. The highest BCUT2D eigenvalue weighted by Crippen LogP contribution is 2.42. The number of aromatic nitrogens is 1. The molecular formula is C14H15Cl2N3O2. The summed E-state index contributed by atoms with van der Waals surface area (Å²) in [7, 11) is 0. The van der Waals surface area contributed by atoms with Crippen LogP contribution in [0.2, 0.25) is 10.0 Å². The molecule has 5 N–H and O–H groups in total. The first-order valence-electron chi connectivity index (χ1n) is 6.22. The van der Waals surface area contributed by atoms with Crippen molar-refractivity contribution in [1.82, 2.24) is 4.98 Å². The first-order chi connectivity index (χ1) is 9.81. The Morgan fingerprint density at radius 1 is 1.14 bits per heavy atom. The Morgan fingerprint density at radius 2 is 1.71 bits per heavy atom. The molecule has 0 bridgehead atoms. The van der Waals surface area contributed by atoms with Crippen LogP contribution < -0.4 is 16.2 Å². The number of benzene rings is 1. The van der Waals surface area contributed by atoms with Crippen molar-refractivity contribution < 1.29 is 9.84 Å². The number of nitrogens with two attached hydrogens (primary N) is 2. The van der Waals surface area contributed by atoms with Crippen molar-refractivity contribution in [1.29, 1.82) is 0 Å². The van der Waals surface area contributed by atoms with E-state index >= 15 is 0 Å². The SMILES string of the molecule is CC(C)c1cc(Oc2c(Cl)c(N)nc(N)c2Cl)ccc1O. The summed E-state index contributed by atoms with van der Waals surface area (Å²) in [4.78, 5) is 3.81. The van der Waals surface area contributed by atoms with Gasteiger partial charge in [0.2, 0.25) is 0 Å². The fourth-order valence-corrected chi connectivity index (χ4v) is 2.22. The molecule has 0 saturated carbocycles. The summed E-state index contributed by atoms with van der Waals surface area (Å²) >= 11 is 12.1. The van der Waals surface area contributed by atoms with Crippen LogP contribution in [-0.4, -0.2) is 10.1 Å². The molecule has 0 aliphatic rings. The molecular weight excluding hydrogens is 313 g/mol. The summed E-state index contributed by atoms with van der Waals surface area (Å²) in [6.45, 7) is 3.92. The average Bonchev–Trinajstić information content (AvgIpc) is 2.43. The highest BCUT2D eigenvalue weighted by molar-refractivity contribution is 6.39. The lowest BCUT2D eigenvalue weighted by Gasteiger charge is -2.14. The molecule has 0 amide bonds. The number of ether oxygens (including phenoxy) is 1. The summed E-state index contributed by atoms with van der Waals surface area (Å²) in [5.74, 6) is 1.01. The summed E-state index contributed by atoms with van der Waals surface area (Å²) in [5, 5.41) is 9.99. The minimum absolute atomic E-state index is 0.0384. The number of rotatable bonds is 3. The Morgan fingerprint density at radius 3 is 2.24 bits per heavy atom. The third-order valence-corrected chi connectivity index (χ3v) is 3.66. The van der Waals surface area contributed by atoms with Crippen molar-refractivity contribution in [2.45, 2.75) is 19.8 Å². The molecule has 0 saturated heterocycles. The zero-order valence-corrected chi connectivity index (χ0v) is 13.0. The van der Waals surface area contributed by atoms with E-state index in [-0.39, 0.29) is 39.1 Å². The molecule has 1 aromatic heterocycles. The Kier molecular flexibility index (Phi) is 4.34. The van der Waals surface area contributed by atoms with Crippen molar-refractivity contribution in [3.8, 4) is 17.2 Å². The van der Waals surface area contributed by atoms with Crippen molar-refractivity contribution in [2.75, 3.05) is 11.5 Å². The molecule has 0 fully saturated rings. The fraction of sp³-hybridized carbons (Fsp3) is 0.214. The van der Waals surface area contributed by atoms with Gasteiger partial charge in [0.1, 0.15) is 33.2 Å². The lowest BCUT2D eigenvalue weighted by Crippen LogP contribution is -2.01. The van der Waals surface area contributed by atoms with Crippen LogP contribution in [0.4, 0.5) is 11.6 Å². The number of aromatic hydroxyl groups is 1. The number of anilines is 2. The van der Waals surface area contributed by atoms with Gasteiger partial charge in [-0.05, 0) is 24.1 Å². The topological polar surface area (TPSA) is 94.4 Å². The van der Waals surface area contributed by atoms with Crippen LogP contribution in [0.15, 0.2) is 18.2 Å². The summed E-state index contributed by atoms with van der Waals surface area (Å²) < 4.78 is 5.67. The van der Waals surface area contributed by atoms with E-state index in [1.807, 2.05) is 13.8 Å². The van der Waals surface area contributed by atoms with E-state index in [0.717, 1.165) is 5.56 Å². The molecule has 0 atom stereocenters. The van der Waals surface area contributed by atoms with Crippen LogP contribution in [0.3, 0.4) is 0 Å². The molecule has 2 aromatic rings. The summed E-state index contributed by atoms with van der Waals surface area (Å²) in [6.07, 6.45) is 0. The minimum atomic E-state index is 0.0384. The van der Waals surface area contributed by atoms with Crippen LogP contribution in [0, 0.1) is 0 Å². The smallest absolute Gasteiger partial charge is 0.172 e. The lowest BCUT2D eigenvalue weighted by atomic mass is 10.0. The maximum atomic E-state index is 9.81. The zero-order valence-electron chi connectivity index (χ0n) is 11.5. The Bertz CT molecular complexity index is 664. The molecule has 112 valence electrons. The second-order valence-corrected chi connectivity index (χ2v) is 5.57. The van der Waals surface area contributed by atoms with Gasteiger partial charge >= 0.3 is 0 Å². The minimum Gasteiger partial charge on any atom is -0.508 e. The van der Waals surface area contributed by atoms with Crippen LogP contribution in [-0.2, 0) is 0 Å². The molecule has 1 aromatic carbocycles. The number of nitrogens with zero attached hydrogens (tertiary/aromatic N) is 1. The van der Waals surface area contributed by atoms with Crippen molar-refractivity contribution in [2.24, 2.45) is 0 Å². The van der Waals surface area contributed by atoms with E-state index in [4.69, 9.17) is 39.4 Å². The van der Waals surface area contributed by atoms with Gasteiger partial charge in [0.25, 0.3) is 0 Å². The van der Waals surface area contributed by atoms with Gasteiger partial charge in [-0.1, -0.05) is 37.0 Å². The number of pyridine rings is 1.